The molecule has 0 aliphatic carbocycles. The van der Waals surface area contributed by atoms with Gasteiger partial charge < -0.3 is 10.1 Å². The highest BCUT2D eigenvalue weighted by molar-refractivity contribution is 9.10. The van der Waals surface area contributed by atoms with Crippen LogP contribution in [0.2, 0.25) is 0 Å². The van der Waals surface area contributed by atoms with Gasteiger partial charge in [0.1, 0.15) is 11.9 Å². The summed E-state index contributed by atoms with van der Waals surface area (Å²) in [6.07, 6.45) is 2.33. The van der Waals surface area contributed by atoms with Crippen molar-refractivity contribution in [2.24, 2.45) is 0 Å². The zero-order chi connectivity index (χ0) is 14.7. The summed E-state index contributed by atoms with van der Waals surface area (Å²) >= 11 is 3.57. The zero-order valence-corrected chi connectivity index (χ0v) is 13.8. The van der Waals surface area contributed by atoms with Gasteiger partial charge in [0.05, 0.1) is 0 Å². The summed E-state index contributed by atoms with van der Waals surface area (Å²) in [7, 11) is 2.01. The molecule has 0 radical (unpaired) electrons. The smallest absolute Gasteiger partial charge is 0.123 e. The van der Waals surface area contributed by atoms with Crippen LogP contribution in [-0.4, -0.2) is 19.7 Å². The second-order valence-corrected chi connectivity index (χ2v) is 6.51. The van der Waals surface area contributed by atoms with Gasteiger partial charge in [-0.25, -0.2) is 0 Å². The fourth-order valence-electron chi connectivity index (χ4n) is 3.05. The largest absolute Gasteiger partial charge is 0.490 e. The van der Waals surface area contributed by atoms with Crippen molar-refractivity contribution in [3.05, 3.63) is 64.1 Å². The van der Waals surface area contributed by atoms with Gasteiger partial charge in [-0.15, -0.1) is 0 Å². The Morgan fingerprint density at radius 1 is 1.24 bits per heavy atom. The lowest BCUT2D eigenvalue weighted by molar-refractivity contribution is 0.209. The molecule has 1 N–H and O–H groups in total. The van der Waals surface area contributed by atoms with Crippen molar-refractivity contribution in [2.45, 2.75) is 24.9 Å². The van der Waals surface area contributed by atoms with Crippen LogP contribution in [0.1, 0.15) is 23.5 Å². The molecule has 1 aliphatic rings. The maximum Gasteiger partial charge on any atom is 0.123 e. The molecule has 2 aromatic rings. The van der Waals surface area contributed by atoms with E-state index in [1.54, 1.807) is 0 Å². The van der Waals surface area contributed by atoms with Gasteiger partial charge in [-0.1, -0.05) is 46.3 Å². The van der Waals surface area contributed by atoms with Crippen molar-refractivity contribution in [3.8, 4) is 5.75 Å². The summed E-state index contributed by atoms with van der Waals surface area (Å²) in [6, 6.07) is 17.0. The van der Waals surface area contributed by atoms with Gasteiger partial charge in [-0.2, -0.15) is 0 Å². The van der Waals surface area contributed by atoms with Crippen LogP contribution in [0.3, 0.4) is 0 Å². The molecule has 0 spiro atoms. The molecule has 3 rings (SSSR count). The Balaban J connectivity index is 1.72. The van der Waals surface area contributed by atoms with Crippen LogP contribution in [0.5, 0.6) is 5.75 Å². The molecule has 2 nitrogen and oxygen atoms in total. The molecule has 21 heavy (non-hydrogen) atoms. The van der Waals surface area contributed by atoms with Crippen molar-refractivity contribution in [1.82, 2.24) is 5.32 Å². The maximum atomic E-state index is 6.10. The Kier molecular flexibility index (Phi) is 4.61. The second-order valence-electron chi connectivity index (χ2n) is 5.60. The molecule has 3 heteroatoms. The van der Waals surface area contributed by atoms with Gasteiger partial charge in [0, 0.05) is 17.4 Å². The predicted molar refractivity (Wildman–Crippen MR) is 90.0 cm³/mol. The molecule has 110 valence electrons. The van der Waals surface area contributed by atoms with Crippen molar-refractivity contribution < 1.29 is 4.74 Å². The van der Waals surface area contributed by atoms with Crippen molar-refractivity contribution in [1.29, 1.82) is 0 Å². The number of benzene rings is 2. The number of rotatable bonds is 5. The Labute approximate surface area is 134 Å². The quantitative estimate of drug-likeness (QED) is 0.878. The van der Waals surface area contributed by atoms with Gasteiger partial charge >= 0.3 is 0 Å². The van der Waals surface area contributed by atoms with Crippen LogP contribution in [0.25, 0.3) is 0 Å². The van der Waals surface area contributed by atoms with E-state index in [4.69, 9.17) is 4.74 Å². The summed E-state index contributed by atoms with van der Waals surface area (Å²) in [4.78, 5) is 0. The molecule has 0 saturated heterocycles. The minimum atomic E-state index is 0.278. The number of halogens is 1. The summed E-state index contributed by atoms with van der Waals surface area (Å²) < 4.78 is 7.23. The minimum absolute atomic E-state index is 0.278. The Bertz CT molecular complexity index is 589. The summed E-state index contributed by atoms with van der Waals surface area (Å²) in [6.45, 7) is 0.965. The molecule has 0 amide bonds. The van der Waals surface area contributed by atoms with Crippen LogP contribution in [-0.2, 0) is 6.42 Å². The molecule has 0 saturated carbocycles. The highest BCUT2D eigenvalue weighted by atomic mass is 79.9. The molecule has 2 unspecified atom stereocenters. The van der Waals surface area contributed by atoms with Crippen LogP contribution in [0.15, 0.2) is 53.0 Å². The number of fused-ring (bicyclic) bond motifs is 1. The normalized spacial score (nSPS) is 18.1. The third-order valence-electron chi connectivity index (χ3n) is 4.03. The number of ether oxygens (including phenoxy) is 1. The first kappa shape index (κ1) is 14.6. The van der Waals surface area contributed by atoms with E-state index in [-0.39, 0.29) is 6.10 Å². The molecule has 1 aliphatic heterocycles. The van der Waals surface area contributed by atoms with E-state index in [0.29, 0.717) is 5.92 Å². The highest BCUT2D eigenvalue weighted by Crippen LogP contribution is 2.33. The second kappa shape index (κ2) is 6.63. The molecular formula is C18H20BrNO. The van der Waals surface area contributed by atoms with E-state index in [9.17, 15) is 0 Å². The van der Waals surface area contributed by atoms with Crippen molar-refractivity contribution in [3.63, 3.8) is 0 Å². The average Bonchev–Trinajstić information content (AvgIpc) is 2.89. The number of hydrogen-bond donors (Lipinski definition) is 1. The first-order chi connectivity index (χ1) is 10.3. The van der Waals surface area contributed by atoms with Gasteiger partial charge in [0.15, 0.2) is 0 Å². The summed E-state index contributed by atoms with van der Waals surface area (Å²) in [5.74, 6) is 1.52. The zero-order valence-electron chi connectivity index (χ0n) is 12.2. The van der Waals surface area contributed by atoms with Gasteiger partial charge in [-0.05, 0) is 48.7 Å². The molecule has 1 heterocycles. The SMILES string of the molecule is CNCC(CC1Cc2ccccc2O1)c1cccc(Br)c1. The molecular weight excluding hydrogens is 326 g/mol. The van der Waals surface area contributed by atoms with E-state index in [1.807, 2.05) is 13.1 Å². The van der Waals surface area contributed by atoms with Gasteiger partial charge in [-0.3, -0.25) is 0 Å². The highest BCUT2D eigenvalue weighted by Gasteiger charge is 2.26. The lowest BCUT2D eigenvalue weighted by Crippen LogP contribution is -2.24. The van der Waals surface area contributed by atoms with Gasteiger partial charge in [0.25, 0.3) is 0 Å². The molecule has 2 aromatic carbocycles. The van der Waals surface area contributed by atoms with Crippen LogP contribution in [0.4, 0.5) is 0 Å². The lowest BCUT2D eigenvalue weighted by Gasteiger charge is -2.21. The summed E-state index contributed by atoms with van der Waals surface area (Å²) in [5, 5.41) is 3.31. The monoisotopic (exact) mass is 345 g/mol. The molecule has 0 fully saturated rings. The molecule has 2 atom stereocenters. The summed E-state index contributed by atoms with van der Waals surface area (Å²) in [5.41, 5.74) is 2.69. The third-order valence-corrected chi connectivity index (χ3v) is 4.53. The number of nitrogens with one attached hydrogen (secondary N) is 1. The Morgan fingerprint density at radius 3 is 2.86 bits per heavy atom. The topological polar surface area (TPSA) is 21.3 Å². The van der Waals surface area contributed by atoms with Crippen LogP contribution in [0, 0.1) is 0 Å². The lowest BCUT2D eigenvalue weighted by atomic mass is 9.91. The van der Waals surface area contributed by atoms with Crippen LogP contribution < -0.4 is 10.1 Å². The van der Waals surface area contributed by atoms with Crippen molar-refractivity contribution >= 4 is 15.9 Å². The standard InChI is InChI=1S/C18H20BrNO/c1-20-12-15(13-6-4-7-16(19)9-13)11-17-10-14-5-2-3-8-18(14)21-17/h2-9,15,17,20H,10-12H2,1H3. The van der Waals surface area contributed by atoms with Gasteiger partial charge in [0.2, 0.25) is 0 Å². The van der Waals surface area contributed by atoms with E-state index < -0.39 is 0 Å². The number of hydrogen-bond acceptors (Lipinski definition) is 2. The van der Waals surface area contributed by atoms with E-state index in [0.717, 1.165) is 29.6 Å². The first-order valence-corrected chi connectivity index (χ1v) is 8.20. The maximum absolute atomic E-state index is 6.10. The van der Waals surface area contributed by atoms with Crippen molar-refractivity contribution in [2.75, 3.05) is 13.6 Å². The fraction of sp³-hybridized carbons (Fsp3) is 0.333. The predicted octanol–water partition coefficient (Wildman–Crippen LogP) is 4.15. The Morgan fingerprint density at radius 2 is 2.10 bits per heavy atom. The minimum Gasteiger partial charge on any atom is -0.490 e. The van der Waals surface area contributed by atoms with Crippen LogP contribution >= 0.6 is 15.9 Å². The number of likely N-dealkylation sites (N-methyl/N-ethyl adjacent to an activating group) is 1. The first-order valence-electron chi connectivity index (χ1n) is 7.41. The molecule has 0 aromatic heterocycles. The van der Waals surface area contributed by atoms with E-state index in [2.05, 4.69) is 63.7 Å². The average molecular weight is 346 g/mol. The van der Waals surface area contributed by atoms with E-state index >= 15 is 0 Å². The third kappa shape index (κ3) is 3.47. The molecule has 0 bridgehead atoms. The fourth-order valence-corrected chi connectivity index (χ4v) is 3.46. The van der Waals surface area contributed by atoms with E-state index in [1.165, 1.54) is 11.1 Å². The Hall–Kier alpha value is -1.32. The number of para-hydroxylation sites is 1.